The summed E-state index contributed by atoms with van der Waals surface area (Å²) in [5.41, 5.74) is 0. The van der Waals surface area contributed by atoms with Crippen LogP contribution in [0.2, 0.25) is 0 Å². The smallest absolute Gasteiger partial charge is 0.104 e. The van der Waals surface area contributed by atoms with Crippen LogP contribution in [0.1, 0.15) is 35.9 Å². The van der Waals surface area contributed by atoms with Gasteiger partial charge in [0.05, 0.1) is 4.88 Å². The number of rotatable bonds is 2. The summed E-state index contributed by atoms with van der Waals surface area (Å²) in [4.78, 5) is 7.76. The Morgan fingerprint density at radius 2 is 2.24 bits per heavy atom. The minimum atomic E-state index is -0.0616. The van der Waals surface area contributed by atoms with Gasteiger partial charge in [0.15, 0.2) is 0 Å². The predicted molar refractivity (Wildman–Crippen MR) is 87.4 cm³/mol. The van der Waals surface area contributed by atoms with E-state index in [1.54, 1.807) is 11.3 Å². The Hall–Kier alpha value is -0.860. The summed E-state index contributed by atoms with van der Waals surface area (Å²) in [7, 11) is 0. The molecule has 0 radical (unpaired) electrons. The highest BCUT2D eigenvalue weighted by atomic mass is 32.1. The van der Waals surface area contributed by atoms with Gasteiger partial charge in [-0.15, -0.1) is 11.3 Å². The lowest BCUT2D eigenvalue weighted by molar-refractivity contribution is 0.0116. The Labute approximate surface area is 131 Å². The number of piperazine rings is 1. The molecule has 2 saturated heterocycles. The summed E-state index contributed by atoms with van der Waals surface area (Å²) in [6, 6.07) is 5.66. The van der Waals surface area contributed by atoms with Gasteiger partial charge in [-0.3, -0.25) is 9.80 Å². The van der Waals surface area contributed by atoms with E-state index >= 15 is 0 Å². The van der Waals surface area contributed by atoms with Gasteiger partial charge in [0, 0.05) is 36.6 Å². The molecular formula is C17H24N2OS. The zero-order valence-corrected chi connectivity index (χ0v) is 13.5. The van der Waals surface area contributed by atoms with Crippen LogP contribution in [0, 0.1) is 11.8 Å². The standard InChI is InChI=1S/C17H24N2OS/c1-14-11-18-9-3-2-5-15(18)12-19(14)13-17-8-7-16(21-17)6-4-10-20/h7-8,14-15,20H,2-3,5,9-13H2,1H3. The molecule has 2 unspecified atom stereocenters. The van der Waals surface area contributed by atoms with E-state index < -0.39 is 0 Å². The van der Waals surface area contributed by atoms with Crippen LogP contribution in [0.15, 0.2) is 12.1 Å². The first-order chi connectivity index (χ1) is 10.3. The van der Waals surface area contributed by atoms with Gasteiger partial charge in [0.25, 0.3) is 0 Å². The third kappa shape index (κ3) is 3.67. The van der Waals surface area contributed by atoms with Gasteiger partial charge in [-0.25, -0.2) is 0 Å². The lowest BCUT2D eigenvalue weighted by atomic mass is 9.97. The van der Waals surface area contributed by atoms with Crippen LogP contribution in [-0.2, 0) is 6.54 Å². The van der Waals surface area contributed by atoms with E-state index in [9.17, 15) is 0 Å². The molecule has 2 atom stereocenters. The molecule has 2 aliphatic heterocycles. The number of hydrogen-bond acceptors (Lipinski definition) is 4. The van der Waals surface area contributed by atoms with Crippen molar-refractivity contribution in [2.75, 3.05) is 26.2 Å². The number of aliphatic hydroxyl groups excluding tert-OH is 1. The molecule has 2 fully saturated rings. The molecule has 21 heavy (non-hydrogen) atoms. The molecule has 0 aromatic carbocycles. The summed E-state index contributed by atoms with van der Waals surface area (Å²) in [6.45, 7) is 7.04. The van der Waals surface area contributed by atoms with Crippen LogP contribution in [0.4, 0.5) is 0 Å². The van der Waals surface area contributed by atoms with Gasteiger partial charge in [-0.1, -0.05) is 18.3 Å². The van der Waals surface area contributed by atoms with Gasteiger partial charge in [-0.2, -0.15) is 0 Å². The lowest BCUT2D eigenvalue weighted by Gasteiger charge is -2.47. The number of piperidine rings is 1. The predicted octanol–water partition coefficient (Wildman–Crippen LogP) is 2.15. The van der Waals surface area contributed by atoms with Crippen LogP contribution >= 0.6 is 11.3 Å². The summed E-state index contributed by atoms with van der Waals surface area (Å²) in [6.07, 6.45) is 4.13. The third-order valence-corrected chi connectivity index (χ3v) is 5.61. The molecule has 3 nitrogen and oxygen atoms in total. The summed E-state index contributed by atoms with van der Waals surface area (Å²) in [5.74, 6) is 5.72. The Morgan fingerprint density at radius 3 is 3.10 bits per heavy atom. The van der Waals surface area contributed by atoms with E-state index in [1.165, 1.54) is 43.8 Å². The van der Waals surface area contributed by atoms with Gasteiger partial charge in [-0.05, 0) is 38.4 Å². The summed E-state index contributed by atoms with van der Waals surface area (Å²) in [5, 5.41) is 8.76. The quantitative estimate of drug-likeness (QED) is 0.848. The average Bonchev–Trinajstić information content (AvgIpc) is 2.93. The fourth-order valence-corrected chi connectivity index (χ4v) is 4.40. The van der Waals surface area contributed by atoms with Gasteiger partial charge >= 0.3 is 0 Å². The number of aliphatic hydroxyl groups is 1. The Bertz CT molecular complexity index is 530. The topological polar surface area (TPSA) is 26.7 Å². The molecule has 0 bridgehead atoms. The number of hydrogen-bond donors (Lipinski definition) is 1. The van der Waals surface area contributed by atoms with Crippen molar-refractivity contribution < 1.29 is 5.11 Å². The van der Waals surface area contributed by atoms with E-state index in [0.29, 0.717) is 6.04 Å². The van der Waals surface area contributed by atoms with Crippen LogP contribution in [0.5, 0.6) is 0 Å². The van der Waals surface area contributed by atoms with Crippen molar-refractivity contribution in [2.24, 2.45) is 0 Å². The second-order valence-electron chi connectivity index (χ2n) is 6.15. The molecule has 114 valence electrons. The van der Waals surface area contributed by atoms with Crippen molar-refractivity contribution in [1.82, 2.24) is 9.80 Å². The van der Waals surface area contributed by atoms with Crippen LogP contribution in [0.25, 0.3) is 0 Å². The monoisotopic (exact) mass is 304 g/mol. The normalized spacial score (nSPS) is 27.0. The second-order valence-corrected chi connectivity index (χ2v) is 7.32. The molecule has 4 heteroatoms. The summed E-state index contributed by atoms with van der Waals surface area (Å²) >= 11 is 1.76. The van der Waals surface area contributed by atoms with E-state index in [-0.39, 0.29) is 6.61 Å². The van der Waals surface area contributed by atoms with E-state index in [1.807, 2.05) is 0 Å². The highest BCUT2D eigenvalue weighted by molar-refractivity contribution is 7.12. The molecule has 3 rings (SSSR count). The maximum atomic E-state index is 8.76. The Kier molecular flexibility index (Phi) is 4.97. The molecule has 2 aliphatic rings. The number of nitrogens with zero attached hydrogens (tertiary/aromatic N) is 2. The van der Waals surface area contributed by atoms with Crippen molar-refractivity contribution in [1.29, 1.82) is 0 Å². The maximum absolute atomic E-state index is 8.76. The Balaban J connectivity index is 1.62. The average molecular weight is 304 g/mol. The molecule has 3 heterocycles. The molecule has 1 aromatic heterocycles. The third-order valence-electron chi connectivity index (χ3n) is 4.63. The van der Waals surface area contributed by atoms with Crippen LogP contribution in [-0.4, -0.2) is 53.2 Å². The van der Waals surface area contributed by atoms with Crippen molar-refractivity contribution >= 4 is 11.3 Å². The zero-order chi connectivity index (χ0) is 14.7. The zero-order valence-electron chi connectivity index (χ0n) is 12.7. The van der Waals surface area contributed by atoms with Crippen molar-refractivity contribution in [3.63, 3.8) is 0 Å². The molecule has 0 spiro atoms. The highest BCUT2D eigenvalue weighted by Crippen LogP contribution is 2.26. The molecule has 0 amide bonds. The summed E-state index contributed by atoms with van der Waals surface area (Å²) < 4.78 is 0. The van der Waals surface area contributed by atoms with E-state index in [2.05, 4.69) is 40.7 Å². The fraction of sp³-hybridized carbons (Fsp3) is 0.647. The van der Waals surface area contributed by atoms with Crippen molar-refractivity contribution in [3.05, 3.63) is 21.9 Å². The van der Waals surface area contributed by atoms with Gasteiger partial charge < -0.3 is 5.11 Å². The van der Waals surface area contributed by atoms with Crippen LogP contribution in [0.3, 0.4) is 0 Å². The van der Waals surface area contributed by atoms with Gasteiger partial charge in [0.1, 0.15) is 6.61 Å². The highest BCUT2D eigenvalue weighted by Gasteiger charge is 2.32. The second kappa shape index (κ2) is 6.93. The van der Waals surface area contributed by atoms with E-state index in [4.69, 9.17) is 5.11 Å². The lowest BCUT2D eigenvalue weighted by Crippen LogP contribution is -2.58. The van der Waals surface area contributed by atoms with E-state index in [0.717, 1.165) is 17.5 Å². The first kappa shape index (κ1) is 15.1. The maximum Gasteiger partial charge on any atom is 0.104 e. The number of thiophene rings is 1. The molecule has 0 aliphatic carbocycles. The molecule has 0 saturated carbocycles. The number of fused-ring (bicyclic) bond motifs is 1. The minimum Gasteiger partial charge on any atom is -0.384 e. The van der Waals surface area contributed by atoms with Crippen molar-refractivity contribution in [2.45, 2.75) is 44.8 Å². The first-order valence-electron chi connectivity index (χ1n) is 7.93. The van der Waals surface area contributed by atoms with Gasteiger partial charge in [0.2, 0.25) is 0 Å². The molecule has 1 aromatic rings. The van der Waals surface area contributed by atoms with Crippen molar-refractivity contribution in [3.8, 4) is 11.8 Å². The minimum absolute atomic E-state index is 0.0616. The Morgan fingerprint density at radius 1 is 1.33 bits per heavy atom. The SMILES string of the molecule is CC1CN2CCCCC2CN1Cc1ccc(C#CCO)s1. The molecule has 1 N–H and O–H groups in total. The fourth-order valence-electron chi connectivity index (χ4n) is 3.49. The largest absolute Gasteiger partial charge is 0.384 e. The van der Waals surface area contributed by atoms with Crippen LogP contribution < -0.4 is 0 Å². The molecular weight excluding hydrogens is 280 g/mol. The first-order valence-corrected chi connectivity index (χ1v) is 8.74.